The summed E-state index contributed by atoms with van der Waals surface area (Å²) in [5.41, 5.74) is 0.908. The molecule has 0 amide bonds. The summed E-state index contributed by atoms with van der Waals surface area (Å²) in [4.78, 5) is 11.1. The zero-order valence-electron chi connectivity index (χ0n) is 8.85. The summed E-state index contributed by atoms with van der Waals surface area (Å²) in [6.45, 7) is 0. The molecule has 0 spiro atoms. The van der Waals surface area contributed by atoms with Crippen LogP contribution in [-0.4, -0.2) is 23.1 Å². The highest BCUT2D eigenvalue weighted by Crippen LogP contribution is 2.22. The molecule has 0 fully saturated rings. The van der Waals surface area contributed by atoms with Gasteiger partial charge in [-0.3, -0.25) is 4.79 Å². The Bertz CT molecular complexity index is 298. The standard InChI is InChI=1S/C12H16O2S/c1-15-9-5-8-11(12(13)14)10-6-3-2-4-7-10/h2-4,6-7,11H,5,8-9H2,1H3,(H,13,14)/t11-/m0/s1. The monoisotopic (exact) mass is 224 g/mol. The van der Waals surface area contributed by atoms with Crippen molar-refractivity contribution < 1.29 is 9.90 Å². The van der Waals surface area contributed by atoms with Crippen LogP contribution < -0.4 is 0 Å². The van der Waals surface area contributed by atoms with E-state index in [0.717, 1.165) is 24.2 Å². The fourth-order valence-electron chi connectivity index (χ4n) is 1.55. The second-order valence-corrected chi connectivity index (χ2v) is 4.42. The molecular formula is C12H16O2S. The summed E-state index contributed by atoms with van der Waals surface area (Å²) in [6, 6.07) is 9.46. The molecule has 0 aliphatic heterocycles. The summed E-state index contributed by atoms with van der Waals surface area (Å²) in [5, 5.41) is 9.12. The molecule has 0 bridgehead atoms. The van der Waals surface area contributed by atoms with E-state index < -0.39 is 5.97 Å². The predicted octanol–water partition coefficient (Wildman–Crippen LogP) is 3.00. The first-order valence-corrected chi connectivity index (χ1v) is 6.41. The summed E-state index contributed by atoms with van der Waals surface area (Å²) in [7, 11) is 0. The molecule has 0 aliphatic rings. The van der Waals surface area contributed by atoms with Crippen molar-refractivity contribution in [3.05, 3.63) is 35.9 Å². The molecule has 82 valence electrons. The lowest BCUT2D eigenvalue weighted by Crippen LogP contribution is -2.11. The van der Waals surface area contributed by atoms with Crippen LogP contribution in [0.3, 0.4) is 0 Å². The molecule has 0 saturated heterocycles. The van der Waals surface area contributed by atoms with Crippen molar-refractivity contribution in [3.8, 4) is 0 Å². The molecule has 0 aromatic heterocycles. The molecule has 0 aliphatic carbocycles. The van der Waals surface area contributed by atoms with E-state index >= 15 is 0 Å². The number of rotatable bonds is 6. The van der Waals surface area contributed by atoms with E-state index in [2.05, 4.69) is 0 Å². The smallest absolute Gasteiger partial charge is 0.310 e. The molecule has 0 heterocycles. The molecule has 1 N–H and O–H groups in total. The fourth-order valence-corrected chi connectivity index (χ4v) is 2.01. The number of hydrogen-bond acceptors (Lipinski definition) is 2. The van der Waals surface area contributed by atoms with E-state index in [1.165, 1.54) is 0 Å². The lowest BCUT2D eigenvalue weighted by atomic mass is 9.95. The third-order valence-electron chi connectivity index (χ3n) is 2.34. The topological polar surface area (TPSA) is 37.3 Å². The number of hydrogen-bond donors (Lipinski definition) is 1. The van der Waals surface area contributed by atoms with E-state index in [1.807, 2.05) is 36.6 Å². The predicted molar refractivity (Wildman–Crippen MR) is 64.4 cm³/mol. The van der Waals surface area contributed by atoms with Gasteiger partial charge < -0.3 is 5.11 Å². The van der Waals surface area contributed by atoms with Crippen LogP contribution in [0.1, 0.15) is 24.3 Å². The highest BCUT2D eigenvalue weighted by molar-refractivity contribution is 7.98. The number of carbonyl (C=O) groups is 1. The van der Waals surface area contributed by atoms with Gasteiger partial charge in [0.2, 0.25) is 0 Å². The molecule has 0 radical (unpaired) electrons. The van der Waals surface area contributed by atoms with E-state index in [9.17, 15) is 4.79 Å². The fraction of sp³-hybridized carbons (Fsp3) is 0.417. The first kappa shape index (κ1) is 12.1. The van der Waals surface area contributed by atoms with Crippen molar-refractivity contribution in [2.75, 3.05) is 12.0 Å². The minimum atomic E-state index is -0.720. The molecule has 0 unspecified atom stereocenters. The SMILES string of the molecule is CSCCC[C@H](C(=O)O)c1ccccc1. The van der Waals surface area contributed by atoms with E-state index in [-0.39, 0.29) is 5.92 Å². The maximum atomic E-state index is 11.1. The van der Waals surface area contributed by atoms with Gasteiger partial charge in [-0.25, -0.2) is 0 Å². The van der Waals surface area contributed by atoms with Crippen LogP contribution in [0, 0.1) is 0 Å². The van der Waals surface area contributed by atoms with Crippen molar-refractivity contribution in [3.63, 3.8) is 0 Å². The van der Waals surface area contributed by atoms with Gasteiger partial charge in [0, 0.05) is 0 Å². The quantitative estimate of drug-likeness (QED) is 0.755. The molecule has 1 atom stereocenters. The van der Waals surface area contributed by atoms with Crippen molar-refractivity contribution >= 4 is 17.7 Å². The molecule has 3 heteroatoms. The van der Waals surface area contributed by atoms with Crippen molar-refractivity contribution in [1.29, 1.82) is 0 Å². The van der Waals surface area contributed by atoms with Gasteiger partial charge in [0.05, 0.1) is 5.92 Å². The van der Waals surface area contributed by atoms with E-state index in [0.29, 0.717) is 0 Å². The summed E-state index contributed by atoms with van der Waals surface area (Å²) in [5.74, 6) is -0.0444. The van der Waals surface area contributed by atoms with Crippen LogP contribution >= 0.6 is 11.8 Å². The molecule has 0 saturated carbocycles. The molecule has 1 rings (SSSR count). The number of carboxylic acid groups (broad SMARTS) is 1. The minimum Gasteiger partial charge on any atom is -0.481 e. The molecule has 1 aromatic rings. The van der Waals surface area contributed by atoms with Crippen molar-refractivity contribution in [2.24, 2.45) is 0 Å². The highest BCUT2D eigenvalue weighted by Gasteiger charge is 2.18. The Labute approximate surface area is 94.7 Å². The van der Waals surface area contributed by atoms with E-state index in [1.54, 1.807) is 11.8 Å². The Kier molecular flexibility index (Phi) is 5.26. The Balaban J connectivity index is 2.62. The average molecular weight is 224 g/mol. The zero-order valence-corrected chi connectivity index (χ0v) is 9.67. The van der Waals surface area contributed by atoms with Crippen LogP contribution in [-0.2, 0) is 4.79 Å². The lowest BCUT2D eigenvalue weighted by Gasteiger charge is -2.11. The van der Waals surface area contributed by atoms with Crippen molar-refractivity contribution in [1.82, 2.24) is 0 Å². The summed E-state index contributed by atoms with van der Waals surface area (Å²) in [6.07, 6.45) is 3.71. The third-order valence-corrected chi connectivity index (χ3v) is 3.04. The summed E-state index contributed by atoms with van der Waals surface area (Å²) >= 11 is 1.76. The molecule has 1 aromatic carbocycles. The Morgan fingerprint density at radius 3 is 2.60 bits per heavy atom. The van der Waals surface area contributed by atoms with Gasteiger partial charge >= 0.3 is 5.97 Å². The van der Waals surface area contributed by atoms with Crippen LogP contribution in [0.5, 0.6) is 0 Å². The van der Waals surface area contributed by atoms with Gasteiger partial charge in [-0.1, -0.05) is 30.3 Å². The normalized spacial score (nSPS) is 12.3. The number of carboxylic acids is 1. The second-order valence-electron chi connectivity index (χ2n) is 3.44. The van der Waals surface area contributed by atoms with Crippen LogP contribution in [0.15, 0.2) is 30.3 Å². The summed E-state index contributed by atoms with van der Waals surface area (Å²) < 4.78 is 0. The van der Waals surface area contributed by atoms with Gasteiger partial charge in [0.15, 0.2) is 0 Å². The van der Waals surface area contributed by atoms with Crippen molar-refractivity contribution in [2.45, 2.75) is 18.8 Å². The minimum absolute atomic E-state index is 0.349. The number of thioether (sulfide) groups is 1. The molecule has 2 nitrogen and oxygen atoms in total. The van der Waals surface area contributed by atoms with Gasteiger partial charge in [-0.05, 0) is 30.4 Å². The number of aliphatic carboxylic acids is 1. The average Bonchev–Trinajstić information content (AvgIpc) is 2.25. The second kappa shape index (κ2) is 6.51. The van der Waals surface area contributed by atoms with Gasteiger partial charge in [0.25, 0.3) is 0 Å². The molecular weight excluding hydrogens is 208 g/mol. The number of benzene rings is 1. The highest BCUT2D eigenvalue weighted by atomic mass is 32.2. The Morgan fingerprint density at radius 2 is 2.07 bits per heavy atom. The van der Waals surface area contributed by atoms with E-state index in [4.69, 9.17) is 5.11 Å². The Hall–Kier alpha value is -0.960. The molecule has 15 heavy (non-hydrogen) atoms. The van der Waals surface area contributed by atoms with Crippen LogP contribution in [0.2, 0.25) is 0 Å². The lowest BCUT2D eigenvalue weighted by molar-refractivity contribution is -0.139. The zero-order chi connectivity index (χ0) is 11.1. The maximum Gasteiger partial charge on any atom is 0.310 e. The van der Waals surface area contributed by atoms with Gasteiger partial charge in [-0.2, -0.15) is 11.8 Å². The van der Waals surface area contributed by atoms with Gasteiger partial charge in [0.1, 0.15) is 0 Å². The first-order chi connectivity index (χ1) is 7.25. The third kappa shape index (κ3) is 3.96. The van der Waals surface area contributed by atoms with Crippen LogP contribution in [0.4, 0.5) is 0 Å². The largest absolute Gasteiger partial charge is 0.481 e. The van der Waals surface area contributed by atoms with Gasteiger partial charge in [-0.15, -0.1) is 0 Å². The first-order valence-electron chi connectivity index (χ1n) is 5.02. The Morgan fingerprint density at radius 1 is 1.40 bits per heavy atom. The van der Waals surface area contributed by atoms with Crippen LogP contribution in [0.25, 0.3) is 0 Å². The maximum absolute atomic E-state index is 11.1.